The van der Waals surface area contributed by atoms with E-state index in [0.29, 0.717) is 5.75 Å². The van der Waals surface area contributed by atoms with Crippen molar-refractivity contribution in [2.75, 3.05) is 0 Å². The van der Waals surface area contributed by atoms with E-state index in [-0.39, 0.29) is 0 Å². The van der Waals surface area contributed by atoms with E-state index in [1.165, 1.54) is 0 Å². The number of nitrogens with one attached hydrogen (secondary N) is 1. The first-order valence-electron chi connectivity index (χ1n) is 7.40. The summed E-state index contributed by atoms with van der Waals surface area (Å²) in [5.74, 6) is -0.00816. The molecule has 0 unspecified atom stereocenters. The number of amides is 1. The highest BCUT2D eigenvalue weighted by atomic mass is 79.9. The molecule has 0 aromatic heterocycles. The molecule has 0 saturated carbocycles. The average Bonchev–Trinajstić information content (AvgIpc) is 2.39. The third kappa shape index (κ3) is 6.22. The number of carbonyl (C=O) groups is 2. The molecule has 1 aromatic carbocycles. The Morgan fingerprint density at radius 1 is 1.22 bits per heavy atom. The SMILES string of the molecule is Cc1cc(CBr)cc(C)c1OC(=O)[C@H](C)NC(=O)OC(C)(C)C. The number of alkyl halides is 1. The fraction of sp³-hybridized carbons (Fsp3) is 0.529. The summed E-state index contributed by atoms with van der Waals surface area (Å²) in [5, 5.41) is 3.21. The van der Waals surface area contributed by atoms with E-state index in [0.717, 1.165) is 22.0 Å². The first kappa shape index (κ1) is 19.5. The van der Waals surface area contributed by atoms with Crippen molar-refractivity contribution < 1.29 is 19.1 Å². The maximum Gasteiger partial charge on any atom is 0.408 e. The molecule has 23 heavy (non-hydrogen) atoms. The molecule has 0 heterocycles. The number of hydrogen-bond acceptors (Lipinski definition) is 4. The standard InChI is InChI=1S/C17H24BrNO4/c1-10-7-13(9-18)8-11(2)14(10)22-15(20)12(3)19-16(21)23-17(4,5)6/h7-8,12H,9H2,1-6H3,(H,19,21)/t12-/m0/s1. The molecule has 1 atom stereocenters. The molecule has 0 aliphatic heterocycles. The number of benzene rings is 1. The van der Waals surface area contributed by atoms with Gasteiger partial charge in [0.1, 0.15) is 17.4 Å². The van der Waals surface area contributed by atoms with Crippen molar-refractivity contribution in [1.29, 1.82) is 0 Å². The summed E-state index contributed by atoms with van der Waals surface area (Å²) in [6.45, 7) is 10.6. The van der Waals surface area contributed by atoms with Crippen molar-refractivity contribution in [2.45, 2.75) is 58.5 Å². The van der Waals surface area contributed by atoms with Gasteiger partial charge in [-0.1, -0.05) is 28.1 Å². The first-order chi connectivity index (χ1) is 10.5. The van der Waals surface area contributed by atoms with E-state index in [1.807, 2.05) is 26.0 Å². The van der Waals surface area contributed by atoms with Crippen molar-refractivity contribution in [2.24, 2.45) is 0 Å². The summed E-state index contributed by atoms with van der Waals surface area (Å²) in [4.78, 5) is 23.9. The monoisotopic (exact) mass is 385 g/mol. The Kier molecular flexibility index (Phi) is 6.62. The lowest BCUT2D eigenvalue weighted by molar-refractivity contribution is -0.136. The van der Waals surface area contributed by atoms with Gasteiger partial charge in [-0.2, -0.15) is 0 Å². The third-order valence-electron chi connectivity index (χ3n) is 2.96. The third-order valence-corrected chi connectivity index (χ3v) is 3.61. The van der Waals surface area contributed by atoms with Crippen LogP contribution >= 0.6 is 15.9 Å². The Morgan fingerprint density at radius 3 is 2.17 bits per heavy atom. The summed E-state index contributed by atoms with van der Waals surface area (Å²) < 4.78 is 10.6. The van der Waals surface area contributed by atoms with Crippen LogP contribution in [0.5, 0.6) is 5.75 Å². The van der Waals surface area contributed by atoms with Gasteiger partial charge >= 0.3 is 12.1 Å². The predicted octanol–water partition coefficient (Wildman–Crippen LogP) is 4.02. The summed E-state index contributed by atoms with van der Waals surface area (Å²) in [6, 6.07) is 3.10. The zero-order valence-corrected chi connectivity index (χ0v) is 16.0. The second-order valence-electron chi connectivity index (χ2n) is 6.48. The Labute approximate surface area is 145 Å². The summed E-state index contributed by atoms with van der Waals surface area (Å²) in [6.07, 6.45) is -0.648. The Hall–Kier alpha value is -1.56. The van der Waals surface area contributed by atoms with E-state index in [9.17, 15) is 9.59 Å². The van der Waals surface area contributed by atoms with Gasteiger partial charge in [0.25, 0.3) is 0 Å². The molecule has 128 valence electrons. The zero-order chi connectivity index (χ0) is 17.8. The lowest BCUT2D eigenvalue weighted by Gasteiger charge is -2.21. The van der Waals surface area contributed by atoms with Crippen LogP contribution in [0.15, 0.2) is 12.1 Å². The predicted molar refractivity (Wildman–Crippen MR) is 93.0 cm³/mol. The topological polar surface area (TPSA) is 64.6 Å². The van der Waals surface area contributed by atoms with E-state index in [2.05, 4.69) is 21.2 Å². The molecular weight excluding hydrogens is 362 g/mol. The van der Waals surface area contributed by atoms with Crippen LogP contribution in [-0.4, -0.2) is 23.7 Å². The minimum absolute atomic E-state index is 0.525. The molecule has 1 N–H and O–H groups in total. The van der Waals surface area contributed by atoms with Gasteiger partial charge in [-0.3, -0.25) is 0 Å². The molecule has 1 amide bonds. The molecular formula is C17H24BrNO4. The van der Waals surface area contributed by atoms with Crippen LogP contribution in [0.3, 0.4) is 0 Å². The molecule has 1 aromatic rings. The molecule has 0 aliphatic carbocycles. The second kappa shape index (κ2) is 7.81. The smallest absolute Gasteiger partial charge is 0.408 e. The fourth-order valence-corrected chi connectivity index (χ4v) is 2.33. The second-order valence-corrected chi connectivity index (χ2v) is 7.04. The molecule has 0 bridgehead atoms. The molecule has 0 spiro atoms. The molecule has 0 radical (unpaired) electrons. The van der Waals surface area contributed by atoms with Gasteiger partial charge in [-0.05, 0) is 58.2 Å². The van der Waals surface area contributed by atoms with Crippen molar-refractivity contribution in [3.05, 3.63) is 28.8 Å². The van der Waals surface area contributed by atoms with Gasteiger partial charge in [0.15, 0.2) is 0 Å². The number of ether oxygens (including phenoxy) is 2. The zero-order valence-electron chi connectivity index (χ0n) is 14.5. The van der Waals surface area contributed by atoms with Crippen LogP contribution in [0.1, 0.15) is 44.4 Å². The number of hydrogen-bond donors (Lipinski definition) is 1. The minimum atomic E-state index is -0.806. The number of rotatable bonds is 4. The fourth-order valence-electron chi connectivity index (χ4n) is 2.01. The van der Waals surface area contributed by atoms with Crippen molar-refractivity contribution >= 4 is 28.0 Å². The van der Waals surface area contributed by atoms with Crippen LogP contribution in [0.25, 0.3) is 0 Å². The van der Waals surface area contributed by atoms with E-state index < -0.39 is 23.7 Å². The number of esters is 1. The van der Waals surface area contributed by atoms with Crippen LogP contribution in [0.4, 0.5) is 4.79 Å². The molecule has 0 saturated heterocycles. The number of alkyl carbamates (subject to hydrolysis) is 1. The van der Waals surface area contributed by atoms with Gasteiger partial charge in [0, 0.05) is 5.33 Å². The number of halogens is 1. The Morgan fingerprint density at radius 2 is 1.74 bits per heavy atom. The quantitative estimate of drug-likeness (QED) is 0.482. The molecule has 0 fully saturated rings. The first-order valence-corrected chi connectivity index (χ1v) is 8.53. The summed E-state index contributed by atoms with van der Waals surface area (Å²) >= 11 is 3.41. The summed E-state index contributed by atoms with van der Waals surface area (Å²) in [5.41, 5.74) is 2.24. The number of carbonyl (C=O) groups excluding carboxylic acids is 2. The van der Waals surface area contributed by atoms with Gasteiger partial charge in [0.2, 0.25) is 0 Å². The molecule has 6 heteroatoms. The summed E-state index contributed by atoms with van der Waals surface area (Å²) in [7, 11) is 0. The van der Waals surface area contributed by atoms with Crippen LogP contribution < -0.4 is 10.1 Å². The molecule has 1 rings (SSSR count). The Balaban J connectivity index is 2.74. The van der Waals surface area contributed by atoms with E-state index >= 15 is 0 Å². The van der Waals surface area contributed by atoms with E-state index in [1.54, 1.807) is 27.7 Å². The highest BCUT2D eigenvalue weighted by Gasteiger charge is 2.23. The van der Waals surface area contributed by atoms with Crippen molar-refractivity contribution in [1.82, 2.24) is 5.32 Å². The van der Waals surface area contributed by atoms with E-state index in [4.69, 9.17) is 9.47 Å². The molecule has 5 nitrogen and oxygen atoms in total. The normalized spacial score (nSPS) is 12.5. The highest BCUT2D eigenvalue weighted by Crippen LogP contribution is 2.26. The molecule has 0 aliphatic rings. The largest absolute Gasteiger partial charge is 0.444 e. The lowest BCUT2D eigenvalue weighted by Crippen LogP contribution is -2.43. The van der Waals surface area contributed by atoms with Crippen molar-refractivity contribution in [3.63, 3.8) is 0 Å². The highest BCUT2D eigenvalue weighted by molar-refractivity contribution is 9.08. The van der Waals surface area contributed by atoms with Gasteiger partial charge < -0.3 is 14.8 Å². The Bertz CT molecular complexity index is 570. The van der Waals surface area contributed by atoms with Crippen molar-refractivity contribution in [3.8, 4) is 5.75 Å². The maximum atomic E-state index is 12.2. The number of aryl methyl sites for hydroxylation is 2. The minimum Gasteiger partial charge on any atom is -0.444 e. The maximum absolute atomic E-state index is 12.2. The van der Waals surface area contributed by atoms with Crippen LogP contribution in [0, 0.1) is 13.8 Å². The van der Waals surface area contributed by atoms with Crippen LogP contribution in [0.2, 0.25) is 0 Å². The van der Waals surface area contributed by atoms with Gasteiger partial charge in [0.05, 0.1) is 0 Å². The lowest BCUT2D eigenvalue weighted by atomic mass is 10.1. The van der Waals surface area contributed by atoms with Crippen LogP contribution in [-0.2, 0) is 14.9 Å². The average molecular weight is 386 g/mol. The van der Waals surface area contributed by atoms with Gasteiger partial charge in [-0.15, -0.1) is 0 Å². The van der Waals surface area contributed by atoms with Gasteiger partial charge in [-0.25, -0.2) is 9.59 Å².